The summed E-state index contributed by atoms with van der Waals surface area (Å²) in [6.45, 7) is 0. The number of imidazole rings is 1. The number of nitrogens with zero attached hydrogens (tertiary/aromatic N) is 3. The summed E-state index contributed by atoms with van der Waals surface area (Å²) in [4.78, 5) is 4.06. The van der Waals surface area contributed by atoms with Crippen molar-refractivity contribution in [1.29, 1.82) is 5.26 Å². The van der Waals surface area contributed by atoms with Gasteiger partial charge in [-0.15, -0.1) is 0 Å². The van der Waals surface area contributed by atoms with Crippen molar-refractivity contribution < 1.29 is 13.2 Å². The zero-order valence-electron chi connectivity index (χ0n) is 10.6. The first-order chi connectivity index (χ1) is 9.99. The molecule has 0 atom stereocenters. The molecule has 3 nitrogen and oxygen atoms in total. The quantitative estimate of drug-likeness (QED) is 0.681. The van der Waals surface area contributed by atoms with Crippen LogP contribution in [0.15, 0.2) is 48.8 Å². The predicted molar refractivity (Wildman–Crippen MR) is 70.3 cm³/mol. The molecule has 104 valence electrons. The summed E-state index contributed by atoms with van der Waals surface area (Å²) in [6.07, 6.45) is -1.43. The fourth-order valence-electron chi connectivity index (χ4n) is 2.12. The lowest BCUT2D eigenvalue weighted by Crippen LogP contribution is -2.07. The number of aromatic nitrogens is 2. The maximum Gasteiger partial charge on any atom is 0.419 e. The Bertz CT molecular complexity index is 856. The maximum atomic E-state index is 13.0. The van der Waals surface area contributed by atoms with Gasteiger partial charge in [0.15, 0.2) is 0 Å². The molecule has 0 aliphatic heterocycles. The van der Waals surface area contributed by atoms with Crippen LogP contribution in [-0.4, -0.2) is 9.38 Å². The number of alkyl halides is 3. The molecule has 0 unspecified atom stereocenters. The van der Waals surface area contributed by atoms with Crippen molar-refractivity contribution in [2.45, 2.75) is 6.18 Å². The minimum absolute atomic E-state index is 0.151. The largest absolute Gasteiger partial charge is 0.419 e. The molecule has 0 saturated carbocycles. The second-order valence-electron chi connectivity index (χ2n) is 4.47. The van der Waals surface area contributed by atoms with Crippen LogP contribution in [0.1, 0.15) is 11.1 Å². The van der Waals surface area contributed by atoms with E-state index in [2.05, 4.69) is 4.98 Å². The summed E-state index contributed by atoms with van der Waals surface area (Å²) in [6, 6.07) is 10.9. The average Bonchev–Trinajstić information content (AvgIpc) is 2.90. The van der Waals surface area contributed by atoms with E-state index in [4.69, 9.17) is 5.26 Å². The summed E-state index contributed by atoms with van der Waals surface area (Å²) in [5, 5.41) is 8.88. The second kappa shape index (κ2) is 4.63. The van der Waals surface area contributed by atoms with Crippen LogP contribution in [0.5, 0.6) is 0 Å². The van der Waals surface area contributed by atoms with Gasteiger partial charge in [-0.3, -0.25) is 0 Å². The first kappa shape index (κ1) is 13.2. The first-order valence-corrected chi connectivity index (χ1v) is 6.04. The van der Waals surface area contributed by atoms with Crippen LogP contribution in [0.25, 0.3) is 16.9 Å². The minimum atomic E-state index is -4.46. The van der Waals surface area contributed by atoms with Crippen LogP contribution in [0, 0.1) is 11.3 Å². The lowest BCUT2D eigenvalue weighted by atomic mass is 10.1. The summed E-state index contributed by atoms with van der Waals surface area (Å²) in [7, 11) is 0. The molecule has 0 spiro atoms. The Morgan fingerprint density at radius 3 is 2.67 bits per heavy atom. The van der Waals surface area contributed by atoms with Crippen LogP contribution in [0.4, 0.5) is 13.2 Å². The molecule has 3 rings (SSSR count). The fourth-order valence-corrected chi connectivity index (χ4v) is 2.12. The van der Waals surface area contributed by atoms with Gasteiger partial charge in [0, 0.05) is 18.0 Å². The Labute approximate surface area is 117 Å². The van der Waals surface area contributed by atoms with Gasteiger partial charge in [-0.25, -0.2) is 4.98 Å². The molecule has 0 fully saturated rings. The van der Waals surface area contributed by atoms with E-state index in [0.29, 0.717) is 16.8 Å². The number of fused-ring (bicyclic) bond motifs is 1. The molecule has 2 aromatic heterocycles. The molecular weight excluding hydrogens is 279 g/mol. The topological polar surface area (TPSA) is 41.1 Å². The Kier molecular flexibility index (Phi) is 2.91. The Hall–Kier alpha value is -2.81. The van der Waals surface area contributed by atoms with Crippen molar-refractivity contribution in [3.8, 4) is 17.3 Å². The summed E-state index contributed by atoms with van der Waals surface area (Å²) < 4.78 is 40.2. The molecule has 3 aromatic rings. The highest BCUT2D eigenvalue weighted by Gasteiger charge is 2.33. The smallest absolute Gasteiger partial charge is 0.306 e. The van der Waals surface area contributed by atoms with Gasteiger partial charge in [0.05, 0.1) is 22.9 Å². The molecule has 0 saturated heterocycles. The van der Waals surface area contributed by atoms with Crippen LogP contribution in [0.2, 0.25) is 0 Å². The van der Waals surface area contributed by atoms with Gasteiger partial charge >= 0.3 is 6.18 Å². The molecule has 2 heterocycles. The third-order valence-corrected chi connectivity index (χ3v) is 3.08. The van der Waals surface area contributed by atoms with Crippen molar-refractivity contribution in [3.05, 3.63) is 59.9 Å². The van der Waals surface area contributed by atoms with E-state index in [1.54, 1.807) is 24.3 Å². The Morgan fingerprint density at radius 2 is 1.95 bits per heavy atom. The van der Waals surface area contributed by atoms with Gasteiger partial charge in [0.1, 0.15) is 5.65 Å². The van der Waals surface area contributed by atoms with Gasteiger partial charge in [-0.2, -0.15) is 18.4 Å². The lowest BCUT2D eigenvalue weighted by molar-refractivity contribution is -0.136. The molecule has 0 aliphatic rings. The Morgan fingerprint density at radius 1 is 1.14 bits per heavy atom. The second-order valence-corrected chi connectivity index (χ2v) is 4.47. The number of rotatable bonds is 1. The molecule has 0 N–H and O–H groups in total. The zero-order chi connectivity index (χ0) is 15.0. The molecule has 0 aliphatic carbocycles. The number of nitriles is 1. The molecular formula is C15H8F3N3. The van der Waals surface area contributed by atoms with Crippen molar-refractivity contribution in [2.75, 3.05) is 0 Å². The molecule has 6 heteroatoms. The van der Waals surface area contributed by atoms with Gasteiger partial charge in [-0.1, -0.05) is 12.1 Å². The maximum absolute atomic E-state index is 13.0. The van der Waals surface area contributed by atoms with Crippen LogP contribution in [0.3, 0.4) is 0 Å². The van der Waals surface area contributed by atoms with E-state index in [1.165, 1.54) is 22.9 Å². The molecule has 0 radical (unpaired) electrons. The molecule has 0 amide bonds. The standard InChI is InChI=1S/C15H8F3N3/c16-15(17,18)12-5-2-6-21-9-13(20-14(12)21)11-4-1-3-10(7-11)8-19/h1-7,9H. The normalized spacial score (nSPS) is 11.5. The minimum Gasteiger partial charge on any atom is -0.306 e. The predicted octanol–water partition coefficient (Wildman–Crippen LogP) is 3.89. The van der Waals surface area contributed by atoms with Crippen molar-refractivity contribution in [1.82, 2.24) is 9.38 Å². The third kappa shape index (κ3) is 2.34. The van der Waals surface area contributed by atoms with E-state index in [-0.39, 0.29) is 5.65 Å². The highest BCUT2D eigenvalue weighted by Crippen LogP contribution is 2.33. The SMILES string of the molecule is N#Cc1cccc(-c2cn3cccc(C(F)(F)F)c3n2)c1. The van der Waals surface area contributed by atoms with E-state index in [9.17, 15) is 13.2 Å². The van der Waals surface area contributed by atoms with Crippen LogP contribution in [-0.2, 0) is 6.18 Å². The van der Waals surface area contributed by atoms with Gasteiger partial charge in [-0.05, 0) is 24.3 Å². The zero-order valence-corrected chi connectivity index (χ0v) is 10.6. The number of hydrogen-bond acceptors (Lipinski definition) is 2. The van der Waals surface area contributed by atoms with Crippen LogP contribution < -0.4 is 0 Å². The third-order valence-electron chi connectivity index (χ3n) is 3.08. The van der Waals surface area contributed by atoms with Gasteiger partial charge < -0.3 is 4.40 Å². The van der Waals surface area contributed by atoms with E-state index >= 15 is 0 Å². The van der Waals surface area contributed by atoms with Crippen LogP contribution >= 0.6 is 0 Å². The number of benzene rings is 1. The lowest BCUT2D eigenvalue weighted by Gasteiger charge is -2.06. The van der Waals surface area contributed by atoms with Crippen molar-refractivity contribution >= 4 is 5.65 Å². The molecule has 0 bridgehead atoms. The van der Waals surface area contributed by atoms with Gasteiger partial charge in [0.25, 0.3) is 0 Å². The van der Waals surface area contributed by atoms with Crippen molar-refractivity contribution in [3.63, 3.8) is 0 Å². The Balaban J connectivity index is 2.20. The molecule has 1 aromatic carbocycles. The summed E-state index contributed by atoms with van der Waals surface area (Å²) in [5.41, 5.74) is 0.491. The van der Waals surface area contributed by atoms with E-state index in [1.807, 2.05) is 6.07 Å². The number of pyridine rings is 1. The number of halogens is 3. The van der Waals surface area contributed by atoms with Gasteiger partial charge in [0.2, 0.25) is 0 Å². The highest BCUT2D eigenvalue weighted by molar-refractivity contribution is 5.66. The van der Waals surface area contributed by atoms with E-state index < -0.39 is 11.7 Å². The number of hydrogen-bond donors (Lipinski definition) is 0. The average molecular weight is 287 g/mol. The van der Waals surface area contributed by atoms with Crippen molar-refractivity contribution in [2.24, 2.45) is 0 Å². The monoisotopic (exact) mass is 287 g/mol. The summed E-state index contributed by atoms with van der Waals surface area (Å²) in [5.74, 6) is 0. The summed E-state index contributed by atoms with van der Waals surface area (Å²) >= 11 is 0. The van der Waals surface area contributed by atoms with E-state index in [0.717, 1.165) is 6.07 Å². The highest BCUT2D eigenvalue weighted by atomic mass is 19.4. The first-order valence-electron chi connectivity index (χ1n) is 6.04. The fraction of sp³-hybridized carbons (Fsp3) is 0.0667. The molecule has 21 heavy (non-hydrogen) atoms.